The summed E-state index contributed by atoms with van der Waals surface area (Å²) in [5.41, 5.74) is -1.29. The van der Waals surface area contributed by atoms with Gasteiger partial charge in [-0.15, -0.1) is 0 Å². The predicted molar refractivity (Wildman–Crippen MR) is 58.4 cm³/mol. The minimum atomic E-state index is -4.74. The second kappa shape index (κ2) is 5.94. The molecule has 0 aromatic carbocycles. The summed E-state index contributed by atoms with van der Waals surface area (Å²) in [6.45, 7) is 1.18. The molecule has 120 valence electrons. The number of alkyl halides is 6. The molecule has 0 saturated heterocycles. The molecule has 1 N–H and O–H groups in total. The molecule has 1 aromatic heterocycles. The van der Waals surface area contributed by atoms with Crippen molar-refractivity contribution in [3.63, 3.8) is 0 Å². The van der Waals surface area contributed by atoms with Crippen molar-refractivity contribution in [2.75, 3.05) is 0 Å². The normalized spacial score (nSPS) is 15.8. The van der Waals surface area contributed by atoms with Crippen LogP contribution in [0.4, 0.5) is 26.3 Å². The molecule has 0 bridgehead atoms. The van der Waals surface area contributed by atoms with Crippen molar-refractivity contribution in [2.24, 2.45) is 5.92 Å². The highest BCUT2D eigenvalue weighted by atomic mass is 19.4. The average Bonchev–Trinajstić information content (AvgIpc) is 2.71. The fourth-order valence-electron chi connectivity index (χ4n) is 1.84. The molecule has 1 heterocycles. The van der Waals surface area contributed by atoms with Crippen LogP contribution in [-0.4, -0.2) is 27.0 Å². The molecule has 0 aliphatic carbocycles. The number of nitrogens with zero attached hydrogens (tertiary/aromatic N) is 2. The summed E-state index contributed by atoms with van der Waals surface area (Å²) in [6.07, 6.45) is -10.1. The lowest BCUT2D eigenvalue weighted by molar-refractivity contribution is -0.150. The highest BCUT2D eigenvalue weighted by Gasteiger charge is 2.36. The lowest BCUT2D eigenvalue weighted by Gasteiger charge is -2.19. The molecule has 2 atom stereocenters. The van der Waals surface area contributed by atoms with E-state index in [0.29, 0.717) is 10.7 Å². The molecular weight excluding hydrogens is 306 g/mol. The number of hydrogen-bond acceptors (Lipinski definition) is 2. The lowest BCUT2D eigenvalue weighted by Crippen LogP contribution is -2.24. The summed E-state index contributed by atoms with van der Waals surface area (Å²) < 4.78 is 74.3. The third kappa shape index (κ3) is 5.27. The molecule has 1 rings (SSSR count). The number of aliphatic carboxylic acids is 1. The Morgan fingerprint density at radius 3 is 2.29 bits per heavy atom. The maximum atomic E-state index is 12.4. The number of rotatable bonds is 5. The Hall–Kier alpha value is -1.74. The number of carboxylic acid groups (broad SMARTS) is 1. The van der Waals surface area contributed by atoms with Gasteiger partial charge in [-0.25, -0.2) is 4.79 Å². The summed E-state index contributed by atoms with van der Waals surface area (Å²) in [4.78, 5) is 11.0. The monoisotopic (exact) mass is 318 g/mol. The van der Waals surface area contributed by atoms with Crippen LogP contribution >= 0.6 is 0 Å². The van der Waals surface area contributed by atoms with Gasteiger partial charge in [-0.05, 0) is 18.4 Å². The van der Waals surface area contributed by atoms with Gasteiger partial charge in [0.2, 0.25) is 0 Å². The van der Waals surface area contributed by atoms with Crippen molar-refractivity contribution < 1.29 is 36.2 Å². The topological polar surface area (TPSA) is 55.1 Å². The zero-order valence-corrected chi connectivity index (χ0v) is 10.7. The Morgan fingerprint density at radius 1 is 1.33 bits per heavy atom. The number of halogens is 6. The fourth-order valence-corrected chi connectivity index (χ4v) is 1.84. The van der Waals surface area contributed by atoms with Crippen molar-refractivity contribution in [2.45, 2.75) is 38.2 Å². The maximum Gasteiger partial charge on any atom is 0.435 e. The highest BCUT2D eigenvalue weighted by molar-refractivity contribution is 5.71. The van der Waals surface area contributed by atoms with Crippen LogP contribution in [0.25, 0.3) is 0 Å². The zero-order chi connectivity index (χ0) is 16.4. The van der Waals surface area contributed by atoms with Crippen LogP contribution < -0.4 is 0 Å². The number of hydrogen-bond donors (Lipinski definition) is 1. The minimum Gasteiger partial charge on any atom is -0.480 e. The van der Waals surface area contributed by atoms with Gasteiger partial charge in [0.15, 0.2) is 5.69 Å². The van der Waals surface area contributed by atoms with Gasteiger partial charge in [0.1, 0.15) is 6.04 Å². The quantitative estimate of drug-likeness (QED) is 0.845. The molecule has 1 aromatic rings. The van der Waals surface area contributed by atoms with Gasteiger partial charge in [0.05, 0.1) is 0 Å². The van der Waals surface area contributed by atoms with E-state index in [4.69, 9.17) is 5.11 Å². The molecule has 0 saturated carbocycles. The van der Waals surface area contributed by atoms with E-state index in [1.807, 2.05) is 0 Å². The summed E-state index contributed by atoms with van der Waals surface area (Å²) >= 11 is 0. The van der Waals surface area contributed by atoms with E-state index in [1.165, 1.54) is 6.92 Å². The number of carbonyl (C=O) groups is 1. The molecule has 0 aliphatic rings. The molecule has 10 heteroatoms. The van der Waals surface area contributed by atoms with Crippen molar-refractivity contribution in [3.8, 4) is 0 Å². The van der Waals surface area contributed by atoms with Crippen molar-refractivity contribution >= 4 is 5.97 Å². The van der Waals surface area contributed by atoms with Crippen LogP contribution in [0, 0.1) is 5.92 Å². The molecule has 2 unspecified atom stereocenters. The Kier molecular flexibility index (Phi) is 4.90. The van der Waals surface area contributed by atoms with Crippen LogP contribution in [0.1, 0.15) is 31.5 Å². The first-order valence-corrected chi connectivity index (χ1v) is 5.82. The van der Waals surface area contributed by atoms with E-state index in [9.17, 15) is 31.1 Å². The van der Waals surface area contributed by atoms with E-state index in [2.05, 4.69) is 5.10 Å². The molecule has 0 spiro atoms. The fraction of sp³-hybridized carbons (Fsp3) is 0.636. The molecule has 0 aliphatic heterocycles. The molecule has 21 heavy (non-hydrogen) atoms. The first-order valence-electron chi connectivity index (χ1n) is 5.82. The van der Waals surface area contributed by atoms with E-state index >= 15 is 0 Å². The second-order valence-corrected chi connectivity index (χ2v) is 4.69. The molecule has 0 radical (unpaired) electrons. The van der Waals surface area contributed by atoms with Crippen molar-refractivity contribution in [1.82, 2.24) is 9.78 Å². The highest BCUT2D eigenvalue weighted by Crippen LogP contribution is 2.31. The van der Waals surface area contributed by atoms with Gasteiger partial charge >= 0.3 is 18.3 Å². The molecular formula is C11H12F6N2O2. The molecule has 0 fully saturated rings. The first-order chi connectivity index (χ1) is 9.40. The van der Waals surface area contributed by atoms with Gasteiger partial charge in [0.25, 0.3) is 0 Å². The van der Waals surface area contributed by atoms with Gasteiger partial charge in [-0.2, -0.15) is 31.4 Å². The van der Waals surface area contributed by atoms with E-state index in [-0.39, 0.29) is 0 Å². The third-order valence-corrected chi connectivity index (χ3v) is 2.71. The summed E-state index contributed by atoms with van der Waals surface area (Å²) in [6, 6.07) is -1.01. The third-order valence-electron chi connectivity index (χ3n) is 2.71. The van der Waals surface area contributed by atoms with Crippen LogP contribution in [0.2, 0.25) is 0 Å². The summed E-state index contributed by atoms with van der Waals surface area (Å²) in [7, 11) is 0. The Labute approximate surface area is 115 Å². The van der Waals surface area contributed by atoms with E-state index in [0.717, 1.165) is 6.20 Å². The van der Waals surface area contributed by atoms with Crippen LogP contribution in [0.15, 0.2) is 12.3 Å². The summed E-state index contributed by atoms with van der Waals surface area (Å²) in [5, 5.41) is 12.0. The van der Waals surface area contributed by atoms with Gasteiger partial charge in [0, 0.05) is 12.6 Å². The van der Waals surface area contributed by atoms with E-state index < -0.39 is 48.8 Å². The SMILES string of the molecule is CC(CC(C(=O)O)n1ccc(C(F)(F)F)n1)CC(F)(F)F. The van der Waals surface area contributed by atoms with Crippen molar-refractivity contribution in [1.29, 1.82) is 0 Å². The van der Waals surface area contributed by atoms with E-state index in [1.54, 1.807) is 0 Å². The predicted octanol–water partition coefficient (Wildman–Crippen LogP) is 3.51. The smallest absolute Gasteiger partial charge is 0.435 e. The molecule has 0 amide bonds. The van der Waals surface area contributed by atoms with Crippen LogP contribution in [0.5, 0.6) is 0 Å². The van der Waals surface area contributed by atoms with Crippen molar-refractivity contribution in [3.05, 3.63) is 18.0 Å². The largest absolute Gasteiger partial charge is 0.480 e. The van der Waals surface area contributed by atoms with Crippen LogP contribution in [-0.2, 0) is 11.0 Å². The Bertz CT molecular complexity index is 494. The zero-order valence-electron chi connectivity index (χ0n) is 10.7. The van der Waals surface area contributed by atoms with Crippen LogP contribution in [0.3, 0.4) is 0 Å². The Morgan fingerprint density at radius 2 is 1.90 bits per heavy atom. The first kappa shape index (κ1) is 17.3. The average molecular weight is 318 g/mol. The van der Waals surface area contributed by atoms with Gasteiger partial charge < -0.3 is 5.11 Å². The standard InChI is InChI=1S/C11H12F6N2O2/c1-6(5-10(12,13)14)4-7(9(20)21)19-3-2-8(18-19)11(15,16)17/h2-3,6-7H,4-5H2,1H3,(H,20,21). The minimum absolute atomic E-state index is 0.478. The number of carboxylic acids is 1. The van der Waals surface area contributed by atoms with Gasteiger partial charge in [-0.1, -0.05) is 6.92 Å². The maximum absolute atomic E-state index is 12.4. The second-order valence-electron chi connectivity index (χ2n) is 4.69. The van der Waals surface area contributed by atoms with Gasteiger partial charge in [-0.3, -0.25) is 4.68 Å². The Balaban J connectivity index is 2.88. The molecule has 4 nitrogen and oxygen atoms in total. The lowest BCUT2D eigenvalue weighted by atomic mass is 9.98. The summed E-state index contributed by atoms with van der Waals surface area (Å²) in [5.74, 6) is -2.61. The number of aromatic nitrogens is 2.